The maximum Gasteiger partial charge on any atom is 0.414 e. The van der Waals surface area contributed by atoms with Gasteiger partial charge in [0.25, 0.3) is 0 Å². The molecule has 1 aliphatic carbocycles. The largest absolute Gasteiger partial charge is 0.444 e. The van der Waals surface area contributed by atoms with Gasteiger partial charge < -0.3 is 10.5 Å². The van der Waals surface area contributed by atoms with Crippen LogP contribution in [0.2, 0.25) is 0 Å². The Morgan fingerprint density at radius 1 is 1.41 bits per heavy atom. The molecule has 2 aliphatic rings. The number of hydrogen-bond donors (Lipinski definition) is 3. The number of guanidine groups is 1. The minimum absolute atomic E-state index is 0.103. The van der Waals surface area contributed by atoms with Gasteiger partial charge in [0.1, 0.15) is 5.60 Å². The van der Waals surface area contributed by atoms with E-state index in [1.807, 2.05) is 25.1 Å². The molecule has 1 aromatic carbocycles. The van der Waals surface area contributed by atoms with E-state index in [4.69, 9.17) is 15.5 Å². The SMILES string of the molecule is CC(C)(C)OC(=O)NC1=N[C@](C)(c2cccc(N)c2)C(CC2CC2)C(=O)N1. The third kappa shape index (κ3) is 4.59. The van der Waals surface area contributed by atoms with Crippen molar-refractivity contribution in [3.63, 3.8) is 0 Å². The first-order chi connectivity index (χ1) is 12.6. The summed E-state index contributed by atoms with van der Waals surface area (Å²) < 4.78 is 5.27. The average molecular weight is 372 g/mol. The predicted octanol–water partition coefficient (Wildman–Crippen LogP) is 2.91. The number of alkyl carbamates (subject to hydrolysis) is 1. The van der Waals surface area contributed by atoms with Gasteiger partial charge in [-0.25, -0.2) is 9.79 Å². The highest BCUT2D eigenvalue weighted by atomic mass is 16.6. The van der Waals surface area contributed by atoms with E-state index in [9.17, 15) is 9.59 Å². The van der Waals surface area contributed by atoms with E-state index in [1.165, 1.54) is 0 Å². The molecule has 1 heterocycles. The van der Waals surface area contributed by atoms with E-state index in [0.29, 0.717) is 11.6 Å². The van der Waals surface area contributed by atoms with Gasteiger partial charge in [-0.05, 0) is 57.7 Å². The van der Waals surface area contributed by atoms with Crippen LogP contribution in [0.3, 0.4) is 0 Å². The van der Waals surface area contributed by atoms with Crippen LogP contribution in [0.25, 0.3) is 0 Å². The first-order valence-electron chi connectivity index (χ1n) is 9.33. The molecule has 0 saturated heterocycles. The van der Waals surface area contributed by atoms with Gasteiger partial charge in [-0.1, -0.05) is 25.0 Å². The molecule has 1 unspecified atom stereocenters. The van der Waals surface area contributed by atoms with Crippen molar-refractivity contribution in [2.45, 2.75) is 58.1 Å². The molecule has 1 saturated carbocycles. The molecule has 0 spiro atoms. The van der Waals surface area contributed by atoms with Crippen LogP contribution in [0.5, 0.6) is 0 Å². The lowest BCUT2D eigenvalue weighted by Crippen LogP contribution is -2.56. The van der Waals surface area contributed by atoms with E-state index < -0.39 is 17.2 Å². The molecule has 0 bridgehead atoms. The van der Waals surface area contributed by atoms with Gasteiger partial charge in [0.15, 0.2) is 0 Å². The lowest BCUT2D eigenvalue weighted by molar-refractivity contribution is -0.126. The molecule has 1 aromatic rings. The molecule has 1 aliphatic heterocycles. The molecule has 146 valence electrons. The Bertz CT molecular complexity index is 780. The lowest BCUT2D eigenvalue weighted by Gasteiger charge is -2.38. The molecule has 7 heteroatoms. The zero-order valence-corrected chi connectivity index (χ0v) is 16.3. The van der Waals surface area contributed by atoms with Gasteiger partial charge in [0.05, 0.1) is 11.5 Å². The standard InChI is InChI=1S/C20H28N4O3/c1-19(2,3)27-18(26)23-17-22-16(25)15(10-12-8-9-12)20(4,24-17)13-6-5-7-14(21)11-13/h5-7,11-12,15H,8-10,21H2,1-4H3,(H2,22,23,24,25,26)/t15?,20-/m1/s1. The third-order valence-electron chi connectivity index (χ3n) is 4.94. The van der Waals surface area contributed by atoms with E-state index in [1.54, 1.807) is 26.8 Å². The number of nitrogens with one attached hydrogen (secondary N) is 2. The minimum Gasteiger partial charge on any atom is -0.444 e. The fourth-order valence-electron chi connectivity index (χ4n) is 3.40. The maximum atomic E-state index is 12.9. The number of nitrogen functional groups attached to an aromatic ring is 1. The monoisotopic (exact) mass is 372 g/mol. The van der Waals surface area contributed by atoms with Crippen molar-refractivity contribution in [2.75, 3.05) is 5.73 Å². The number of rotatable bonds is 3. The van der Waals surface area contributed by atoms with Crippen LogP contribution in [0.1, 0.15) is 52.5 Å². The number of nitrogens with two attached hydrogens (primary N) is 1. The molecular weight excluding hydrogens is 344 g/mol. The lowest BCUT2D eigenvalue weighted by atomic mass is 9.75. The Kier molecular flexibility index (Phi) is 4.88. The van der Waals surface area contributed by atoms with Crippen molar-refractivity contribution in [2.24, 2.45) is 16.8 Å². The summed E-state index contributed by atoms with van der Waals surface area (Å²) in [6.45, 7) is 7.24. The number of aliphatic imine (C=N–C) groups is 1. The molecular formula is C20H28N4O3. The van der Waals surface area contributed by atoms with Crippen molar-refractivity contribution in [1.82, 2.24) is 10.6 Å². The summed E-state index contributed by atoms with van der Waals surface area (Å²) in [5, 5.41) is 5.28. The summed E-state index contributed by atoms with van der Waals surface area (Å²) in [5.41, 5.74) is 5.97. The highest BCUT2D eigenvalue weighted by Gasteiger charge is 2.47. The zero-order chi connectivity index (χ0) is 19.8. The van der Waals surface area contributed by atoms with Gasteiger partial charge in [-0.3, -0.25) is 15.4 Å². The van der Waals surface area contributed by atoms with Gasteiger partial charge in [0.2, 0.25) is 11.9 Å². The number of ether oxygens (including phenoxy) is 1. The molecule has 7 nitrogen and oxygen atoms in total. The van der Waals surface area contributed by atoms with Crippen LogP contribution >= 0.6 is 0 Å². The second-order valence-corrected chi connectivity index (χ2v) is 8.58. The van der Waals surface area contributed by atoms with Gasteiger partial charge in [-0.15, -0.1) is 0 Å². The number of nitrogens with zero attached hydrogens (tertiary/aromatic N) is 1. The first-order valence-corrected chi connectivity index (χ1v) is 9.33. The van der Waals surface area contributed by atoms with Crippen LogP contribution in [-0.2, 0) is 15.1 Å². The Morgan fingerprint density at radius 3 is 2.70 bits per heavy atom. The second kappa shape index (κ2) is 6.87. The number of carbonyl (C=O) groups is 2. The topological polar surface area (TPSA) is 106 Å². The van der Waals surface area contributed by atoms with Crippen LogP contribution in [0.15, 0.2) is 29.3 Å². The Morgan fingerprint density at radius 2 is 2.11 bits per heavy atom. The number of benzene rings is 1. The van der Waals surface area contributed by atoms with Crippen LogP contribution in [0, 0.1) is 11.8 Å². The van der Waals surface area contributed by atoms with Gasteiger partial charge in [0, 0.05) is 5.69 Å². The normalized spacial score (nSPS) is 25.4. The van der Waals surface area contributed by atoms with Crippen LogP contribution in [0.4, 0.5) is 10.5 Å². The second-order valence-electron chi connectivity index (χ2n) is 8.58. The molecule has 0 aromatic heterocycles. The molecule has 27 heavy (non-hydrogen) atoms. The van der Waals surface area contributed by atoms with Gasteiger partial charge in [-0.2, -0.15) is 0 Å². The summed E-state index contributed by atoms with van der Waals surface area (Å²) >= 11 is 0. The molecule has 0 radical (unpaired) electrons. The summed E-state index contributed by atoms with van der Waals surface area (Å²) in [5.74, 6) is 0.187. The van der Waals surface area contributed by atoms with Crippen molar-refractivity contribution in [1.29, 1.82) is 0 Å². The smallest absolute Gasteiger partial charge is 0.414 e. The van der Waals surface area contributed by atoms with Gasteiger partial charge >= 0.3 is 6.09 Å². The molecule has 1 fully saturated rings. The highest BCUT2D eigenvalue weighted by Crippen LogP contribution is 2.45. The van der Waals surface area contributed by atoms with E-state index in [2.05, 4.69) is 10.6 Å². The zero-order valence-electron chi connectivity index (χ0n) is 16.3. The first kappa shape index (κ1) is 19.2. The maximum absolute atomic E-state index is 12.9. The van der Waals surface area contributed by atoms with E-state index >= 15 is 0 Å². The summed E-state index contributed by atoms with van der Waals surface area (Å²) in [4.78, 5) is 29.7. The summed E-state index contributed by atoms with van der Waals surface area (Å²) in [7, 11) is 0. The summed E-state index contributed by atoms with van der Waals surface area (Å²) in [6, 6.07) is 7.42. The van der Waals surface area contributed by atoms with Crippen molar-refractivity contribution in [3.8, 4) is 0 Å². The Labute approximate surface area is 159 Å². The van der Waals surface area contributed by atoms with Crippen molar-refractivity contribution < 1.29 is 14.3 Å². The fourth-order valence-corrected chi connectivity index (χ4v) is 3.40. The van der Waals surface area contributed by atoms with Crippen LogP contribution < -0.4 is 16.4 Å². The number of anilines is 1. The van der Waals surface area contributed by atoms with E-state index in [-0.39, 0.29) is 17.8 Å². The van der Waals surface area contributed by atoms with E-state index in [0.717, 1.165) is 24.8 Å². The highest BCUT2D eigenvalue weighted by molar-refractivity contribution is 6.06. The average Bonchev–Trinajstić information content (AvgIpc) is 3.33. The number of carbonyl (C=O) groups excluding carboxylic acids is 2. The third-order valence-corrected chi connectivity index (χ3v) is 4.94. The fraction of sp³-hybridized carbons (Fsp3) is 0.550. The predicted molar refractivity (Wildman–Crippen MR) is 104 cm³/mol. The minimum atomic E-state index is -0.815. The van der Waals surface area contributed by atoms with Crippen molar-refractivity contribution >= 4 is 23.6 Å². The van der Waals surface area contributed by atoms with Crippen molar-refractivity contribution in [3.05, 3.63) is 29.8 Å². The molecule has 2 amide bonds. The quantitative estimate of drug-likeness (QED) is 0.709. The summed E-state index contributed by atoms with van der Waals surface area (Å²) in [6.07, 6.45) is 2.39. The Balaban J connectivity index is 1.92. The molecule has 2 atom stereocenters. The molecule has 3 rings (SSSR count). The van der Waals surface area contributed by atoms with Crippen LogP contribution in [-0.4, -0.2) is 23.6 Å². The number of amides is 2. The molecule has 4 N–H and O–H groups in total. The number of hydrogen-bond acceptors (Lipinski definition) is 5. The Hall–Kier alpha value is -2.57.